The number of rotatable bonds is 5. The summed E-state index contributed by atoms with van der Waals surface area (Å²) in [6, 6.07) is 10.5. The van der Waals surface area contributed by atoms with Gasteiger partial charge in [-0.05, 0) is 31.7 Å². The van der Waals surface area contributed by atoms with Crippen LogP contribution in [0.2, 0.25) is 0 Å². The maximum atomic E-state index is 12.8. The monoisotopic (exact) mass is 303 g/mol. The zero-order valence-corrected chi connectivity index (χ0v) is 13.2. The van der Waals surface area contributed by atoms with E-state index in [1.54, 1.807) is 0 Å². The van der Waals surface area contributed by atoms with Crippen LogP contribution >= 0.6 is 0 Å². The van der Waals surface area contributed by atoms with Gasteiger partial charge in [0.05, 0.1) is 24.7 Å². The highest BCUT2D eigenvalue weighted by atomic mass is 16.5. The highest BCUT2D eigenvalue weighted by Gasteiger charge is 2.40. The maximum Gasteiger partial charge on any atom is 0.228 e. The van der Waals surface area contributed by atoms with Crippen molar-refractivity contribution in [2.75, 3.05) is 26.4 Å². The summed E-state index contributed by atoms with van der Waals surface area (Å²) in [5.74, 6) is 0.291. The molecule has 0 bridgehead atoms. The summed E-state index contributed by atoms with van der Waals surface area (Å²) in [6.07, 6.45) is 2.80. The Hall–Kier alpha value is -1.39. The first-order chi connectivity index (χ1) is 10.8. The van der Waals surface area contributed by atoms with Crippen molar-refractivity contribution in [1.29, 1.82) is 0 Å². The maximum absolute atomic E-state index is 12.8. The van der Waals surface area contributed by atoms with Crippen LogP contribution in [-0.2, 0) is 20.7 Å². The van der Waals surface area contributed by atoms with Crippen molar-refractivity contribution in [3.05, 3.63) is 35.9 Å². The summed E-state index contributed by atoms with van der Waals surface area (Å²) in [7, 11) is 0. The van der Waals surface area contributed by atoms with E-state index in [0.717, 1.165) is 25.8 Å². The predicted molar refractivity (Wildman–Crippen MR) is 84.6 cm³/mol. The van der Waals surface area contributed by atoms with Crippen LogP contribution in [0.25, 0.3) is 0 Å². The van der Waals surface area contributed by atoms with Crippen LogP contribution in [0.1, 0.15) is 25.3 Å². The average Bonchev–Trinajstić information content (AvgIpc) is 3.19. The standard InChI is InChI=1S/C18H25NO3/c1-2-22-17-8-10-19(18(20)15-9-11-21-13-15)16(17)12-14-6-4-3-5-7-14/h3-7,15-17H,2,8-13H2,1H3/t15-,16+,17+/m1/s1. The molecular formula is C18H25NO3. The molecule has 0 saturated carbocycles. The lowest BCUT2D eigenvalue weighted by Crippen LogP contribution is -2.44. The van der Waals surface area contributed by atoms with E-state index in [0.29, 0.717) is 19.8 Å². The number of ether oxygens (including phenoxy) is 2. The Morgan fingerprint density at radius 3 is 2.82 bits per heavy atom. The van der Waals surface area contributed by atoms with Gasteiger partial charge in [0.25, 0.3) is 0 Å². The topological polar surface area (TPSA) is 38.8 Å². The zero-order chi connectivity index (χ0) is 15.4. The van der Waals surface area contributed by atoms with E-state index in [1.807, 2.05) is 17.9 Å². The lowest BCUT2D eigenvalue weighted by Gasteiger charge is -2.30. The summed E-state index contributed by atoms with van der Waals surface area (Å²) in [5, 5.41) is 0. The lowest BCUT2D eigenvalue weighted by molar-refractivity contribution is -0.137. The van der Waals surface area contributed by atoms with Crippen LogP contribution in [0.15, 0.2) is 30.3 Å². The number of nitrogens with zero attached hydrogens (tertiary/aromatic N) is 1. The molecule has 3 atom stereocenters. The van der Waals surface area contributed by atoms with Gasteiger partial charge in [-0.1, -0.05) is 30.3 Å². The molecule has 2 fully saturated rings. The molecule has 2 aliphatic rings. The Bertz CT molecular complexity index is 484. The van der Waals surface area contributed by atoms with Crippen LogP contribution in [0, 0.1) is 5.92 Å². The molecule has 0 spiro atoms. The Morgan fingerprint density at radius 2 is 2.14 bits per heavy atom. The minimum Gasteiger partial charge on any atom is -0.381 e. The van der Waals surface area contributed by atoms with E-state index in [9.17, 15) is 4.79 Å². The van der Waals surface area contributed by atoms with Gasteiger partial charge in [0.2, 0.25) is 5.91 Å². The summed E-state index contributed by atoms with van der Waals surface area (Å²) < 4.78 is 11.3. The van der Waals surface area contributed by atoms with Gasteiger partial charge in [0.15, 0.2) is 0 Å². The van der Waals surface area contributed by atoms with Crippen LogP contribution in [0.3, 0.4) is 0 Å². The number of carbonyl (C=O) groups excluding carboxylic acids is 1. The van der Waals surface area contributed by atoms with Crippen LogP contribution in [-0.4, -0.2) is 49.3 Å². The molecule has 3 rings (SSSR count). The summed E-state index contributed by atoms with van der Waals surface area (Å²) in [5.41, 5.74) is 1.26. The van der Waals surface area contributed by atoms with Crippen molar-refractivity contribution in [2.45, 2.75) is 38.3 Å². The molecule has 1 aromatic carbocycles. The molecule has 22 heavy (non-hydrogen) atoms. The minimum atomic E-state index is 0.0404. The number of benzene rings is 1. The highest BCUT2D eigenvalue weighted by molar-refractivity contribution is 5.80. The van der Waals surface area contributed by atoms with Gasteiger partial charge < -0.3 is 14.4 Å². The van der Waals surface area contributed by atoms with E-state index in [1.165, 1.54) is 5.56 Å². The summed E-state index contributed by atoms with van der Waals surface area (Å²) in [6.45, 7) is 4.81. The fourth-order valence-corrected chi connectivity index (χ4v) is 3.57. The van der Waals surface area contributed by atoms with Crippen LogP contribution < -0.4 is 0 Å². The van der Waals surface area contributed by atoms with Gasteiger partial charge in [-0.3, -0.25) is 4.79 Å². The SMILES string of the molecule is CCO[C@H]1CCN(C(=O)[C@@H]2CCOC2)[C@H]1Cc1ccccc1. The summed E-state index contributed by atoms with van der Waals surface area (Å²) >= 11 is 0. The quantitative estimate of drug-likeness (QED) is 0.837. The second kappa shape index (κ2) is 7.25. The molecule has 1 aromatic rings. The minimum absolute atomic E-state index is 0.0404. The van der Waals surface area contributed by atoms with Crippen molar-refractivity contribution in [2.24, 2.45) is 5.92 Å². The van der Waals surface area contributed by atoms with E-state index >= 15 is 0 Å². The molecule has 4 heteroatoms. The molecule has 0 radical (unpaired) electrons. The molecule has 2 saturated heterocycles. The molecule has 1 amide bonds. The largest absolute Gasteiger partial charge is 0.381 e. The Balaban J connectivity index is 1.74. The second-order valence-electron chi connectivity index (χ2n) is 6.13. The molecule has 0 N–H and O–H groups in total. The Morgan fingerprint density at radius 1 is 1.32 bits per heavy atom. The van der Waals surface area contributed by atoms with Crippen molar-refractivity contribution < 1.29 is 14.3 Å². The van der Waals surface area contributed by atoms with Crippen LogP contribution in [0.5, 0.6) is 0 Å². The van der Waals surface area contributed by atoms with E-state index in [2.05, 4.69) is 24.3 Å². The third-order valence-electron chi connectivity index (χ3n) is 4.71. The number of amides is 1. The number of hydrogen-bond donors (Lipinski definition) is 0. The fourth-order valence-electron chi connectivity index (χ4n) is 3.57. The van der Waals surface area contributed by atoms with Gasteiger partial charge in [0, 0.05) is 19.8 Å². The van der Waals surface area contributed by atoms with Crippen molar-refractivity contribution in [3.63, 3.8) is 0 Å². The normalized spacial score (nSPS) is 28.2. The summed E-state index contributed by atoms with van der Waals surface area (Å²) in [4.78, 5) is 14.8. The van der Waals surface area contributed by atoms with Crippen LogP contribution in [0.4, 0.5) is 0 Å². The molecule has 0 aromatic heterocycles. The predicted octanol–water partition coefficient (Wildman–Crippen LogP) is 2.27. The number of hydrogen-bond acceptors (Lipinski definition) is 3. The first kappa shape index (κ1) is 15.5. The molecule has 0 aliphatic carbocycles. The number of likely N-dealkylation sites (tertiary alicyclic amines) is 1. The molecule has 120 valence electrons. The Labute approximate surface area is 132 Å². The van der Waals surface area contributed by atoms with Gasteiger partial charge >= 0.3 is 0 Å². The third kappa shape index (κ3) is 3.33. The van der Waals surface area contributed by atoms with E-state index in [4.69, 9.17) is 9.47 Å². The average molecular weight is 303 g/mol. The van der Waals surface area contributed by atoms with Gasteiger partial charge in [-0.2, -0.15) is 0 Å². The zero-order valence-electron chi connectivity index (χ0n) is 13.2. The fraction of sp³-hybridized carbons (Fsp3) is 0.611. The van der Waals surface area contributed by atoms with Crippen molar-refractivity contribution in [3.8, 4) is 0 Å². The molecular weight excluding hydrogens is 278 g/mol. The molecule has 0 unspecified atom stereocenters. The first-order valence-electron chi connectivity index (χ1n) is 8.33. The third-order valence-corrected chi connectivity index (χ3v) is 4.71. The highest BCUT2D eigenvalue weighted by Crippen LogP contribution is 2.28. The molecule has 4 nitrogen and oxygen atoms in total. The lowest BCUT2D eigenvalue weighted by atomic mass is 10.0. The van der Waals surface area contributed by atoms with Crippen molar-refractivity contribution >= 4 is 5.91 Å². The van der Waals surface area contributed by atoms with Crippen molar-refractivity contribution in [1.82, 2.24) is 4.90 Å². The van der Waals surface area contributed by atoms with Gasteiger partial charge in [0.1, 0.15) is 0 Å². The van der Waals surface area contributed by atoms with Gasteiger partial charge in [-0.15, -0.1) is 0 Å². The number of carbonyl (C=O) groups is 1. The molecule has 2 heterocycles. The van der Waals surface area contributed by atoms with Gasteiger partial charge in [-0.25, -0.2) is 0 Å². The molecule has 2 aliphatic heterocycles. The Kier molecular flexibility index (Phi) is 5.11. The van der Waals surface area contributed by atoms with E-state index < -0.39 is 0 Å². The smallest absolute Gasteiger partial charge is 0.228 e. The first-order valence-corrected chi connectivity index (χ1v) is 8.33. The van der Waals surface area contributed by atoms with E-state index in [-0.39, 0.29) is 24.0 Å². The second-order valence-corrected chi connectivity index (χ2v) is 6.13.